The normalized spacial score (nSPS) is 12.5. The zero-order valence-electron chi connectivity index (χ0n) is 16.9. The second-order valence-electron chi connectivity index (χ2n) is 6.37. The van der Waals surface area contributed by atoms with Gasteiger partial charge in [-0.25, -0.2) is 13.4 Å². The molecule has 3 rings (SSSR count). The van der Waals surface area contributed by atoms with Crippen LogP contribution in [0.2, 0.25) is 0 Å². The van der Waals surface area contributed by atoms with E-state index < -0.39 is 53.0 Å². The number of hydrogen-bond donors (Lipinski definition) is 0. The van der Waals surface area contributed by atoms with E-state index in [2.05, 4.69) is 14.2 Å². The summed E-state index contributed by atoms with van der Waals surface area (Å²) < 4.78 is 101. The molecule has 16 heteroatoms. The molecule has 1 aromatic carbocycles. The minimum Gasteiger partial charge on any atom is -0.497 e. The lowest BCUT2D eigenvalue weighted by Gasteiger charge is -2.16. The fourth-order valence-corrected chi connectivity index (χ4v) is 3.64. The number of alkyl halides is 3. The molecule has 2 aromatic heterocycles. The first-order chi connectivity index (χ1) is 15.2. The summed E-state index contributed by atoms with van der Waals surface area (Å²) in [4.78, 5) is 20.2. The smallest absolute Gasteiger partial charge is 0.497 e. The van der Waals surface area contributed by atoms with Crippen LogP contribution >= 0.6 is 0 Å². The Hall–Kier alpha value is -3.40. The van der Waals surface area contributed by atoms with Crippen molar-refractivity contribution in [2.45, 2.75) is 10.7 Å². The van der Waals surface area contributed by atoms with Crippen LogP contribution < -0.4 is 19.2 Å². The third-order valence-electron chi connectivity index (χ3n) is 4.14. The Kier molecular flexibility index (Phi) is 6.01. The maximum Gasteiger partial charge on any atom is 0.534 e. The number of benzene rings is 1. The molecule has 178 valence electrons. The van der Waals surface area contributed by atoms with Crippen LogP contribution in [0.3, 0.4) is 0 Å². The molecule has 0 radical (unpaired) electrons. The standard InChI is InChI=1S/C17H14F3N3O8S2/c1-29-9-4-5-11(13(6-9)30-2)23-14(24)7-12(31-33(27,28)17(18,19)20)10-8-21-16(22-15(10)23)32(3,25)26/h4-8H,1-3H3. The molecule has 0 saturated carbocycles. The van der Waals surface area contributed by atoms with Gasteiger partial charge in [0, 0.05) is 24.6 Å². The van der Waals surface area contributed by atoms with Crippen LogP contribution in [0.5, 0.6) is 17.2 Å². The van der Waals surface area contributed by atoms with E-state index in [-0.39, 0.29) is 11.4 Å². The lowest BCUT2D eigenvalue weighted by atomic mass is 10.2. The molecule has 0 atom stereocenters. The van der Waals surface area contributed by atoms with Crippen molar-refractivity contribution in [2.24, 2.45) is 0 Å². The number of halogens is 3. The van der Waals surface area contributed by atoms with E-state index in [1.165, 1.54) is 32.4 Å². The lowest BCUT2D eigenvalue weighted by molar-refractivity contribution is -0.0499. The zero-order chi connectivity index (χ0) is 24.8. The molecule has 3 aromatic rings. The summed E-state index contributed by atoms with van der Waals surface area (Å²) in [7, 11) is -7.56. The van der Waals surface area contributed by atoms with Crippen LogP contribution in [0.15, 0.2) is 40.4 Å². The average Bonchev–Trinajstić information content (AvgIpc) is 2.71. The van der Waals surface area contributed by atoms with Crippen molar-refractivity contribution in [2.75, 3.05) is 20.5 Å². The van der Waals surface area contributed by atoms with Crippen molar-refractivity contribution >= 4 is 31.0 Å². The summed E-state index contributed by atoms with van der Waals surface area (Å²) in [5, 5.41) is -1.26. The van der Waals surface area contributed by atoms with Crippen molar-refractivity contribution in [1.29, 1.82) is 0 Å². The number of sulfone groups is 1. The van der Waals surface area contributed by atoms with E-state index in [0.29, 0.717) is 11.8 Å². The minimum absolute atomic E-state index is 0.00307. The molecule has 0 amide bonds. The van der Waals surface area contributed by atoms with Gasteiger partial charge in [-0.15, -0.1) is 0 Å². The summed E-state index contributed by atoms with van der Waals surface area (Å²) in [5.41, 5.74) is -7.44. The van der Waals surface area contributed by atoms with E-state index in [0.717, 1.165) is 17.0 Å². The van der Waals surface area contributed by atoms with Crippen LogP contribution in [0.25, 0.3) is 16.7 Å². The van der Waals surface area contributed by atoms with Crippen molar-refractivity contribution in [1.82, 2.24) is 14.5 Å². The van der Waals surface area contributed by atoms with Crippen LogP contribution in [0.1, 0.15) is 0 Å². The monoisotopic (exact) mass is 509 g/mol. The molecule has 0 saturated heterocycles. The van der Waals surface area contributed by atoms with Gasteiger partial charge in [-0.3, -0.25) is 9.36 Å². The molecular weight excluding hydrogens is 495 g/mol. The number of rotatable bonds is 6. The highest BCUT2D eigenvalue weighted by molar-refractivity contribution is 7.90. The Labute approximate surface area is 184 Å². The molecule has 0 aliphatic heterocycles. The van der Waals surface area contributed by atoms with Gasteiger partial charge in [-0.05, 0) is 12.1 Å². The van der Waals surface area contributed by atoms with Gasteiger partial charge in [0.25, 0.3) is 5.56 Å². The summed E-state index contributed by atoms with van der Waals surface area (Å²) in [5.74, 6) is -0.666. The van der Waals surface area contributed by atoms with E-state index in [1.54, 1.807) is 0 Å². The Morgan fingerprint density at radius 1 is 1.00 bits per heavy atom. The van der Waals surface area contributed by atoms with Crippen molar-refractivity contribution in [3.8, 4) is 22.9 Å². The summed E-state index contributed by atoms with van der Waals surface area (Å²) >= 11 is 0. The summed E-state index contributed by atoms with van der Waals surface area (Å²) in [6, 6.07) is 4.62. The highest BCUT2D eigenvalue weighted by atomic mass is 32.2. The number of methoxy groups -OCH3 is 2. The van der Waals surface area contributed by atoms with Crippen LogP contribution in [0.4, 0.5) is 13.2 Å². The largest absolute Gasteiger partial charge is 0.534 e. The molecule has 0 N–H and O–H groups in total. The topological polar surface area (TPSA) is 144 Å². The van der Waals surface area contributed by atoms with Gasteiger partial charge in [0.2, 0.25) is 15.0 Å². The SMILES string of the molecule is COc1ccc(-n2c(=O)cc(OS(=O)(=O)C(F)(F)F)c3cnc(S(C)(=O)=O)nc32)c(OC)c1. The number of nitrogens with zero attached hydrogens (tertiary/aromatic N) is 3. The number of fused-ring (bicyclic) bond motifs is 1. The molecule has 0 bridgehead atoms. The highest BCUT2D eigenvalue weighted by Crippen LogP contribution is 2.33. The van der Waals surface area contributed by atoms with Crippen LogP contribution in [-0.2, 0) is 20.0 Å². The van der Waals surface area contributed by atoms with Crippen LogP contribution in [-0.4, -0.2) is 57.4 Å². The van der Waals surface area contributed by atoms with E-state index >= 15 is 0 Å². The lowest BCUT2D eigenvalue weighted by Crippen LogP contribution is -2.29. The average molecular weight is 509 g/mol. The van der Waals surface area contributed by atoms with Gasteiger partial charge in [-0.2, -0.15) is 26.6 Å². The van der Waals surface area contributed by atoms with Crippen molar-refractivity contribution in [3.05, 3.63) is 40.8 Å². The maximum absolute atomic E-state index is 12.9. The maximum atomic E-state index is 12.9. The van der Waals surface area contributed by atoms with E-state index in [4.69, 9.17) is 9.47 Å². The first kappa shape index (κ1) is 24.2. The molecule has 0 fully saturated rings. The van der Waals surface area contributed by atoms with Gasteiger partial charge in [0.15, 0.2) is 11.4 Å². The predicted octanol–water partition coefficient (Wildman–Crippen LogP) is 1.43. The second-order valence-corrected chi connectivity index (χ2v) is 9.81. The molecule has 11 nitrogen and oxygen atoms in total. The molecule has 2 heterocycles. The first-order valence-corrected chi connectivity index (χ1v) is 11.9. The van der Waals surface area contributed by atoms with Gasteiger partial charge in [0.05, 0.1) is 25.3 Å². The quantitative estimate of drug-likeness (QED) is 0.272. The molecule has 0 aliphatic carbocycles. The Morgan fingerprint density at radius 3 is 2.21 bits per heavy atom. The third kappa shape index (κ3) is 4.56. The number of aromatic nitrogens is 3. The Bertz CT molecular complexity index is 1520. The molecule has 0 unspecified atom stereocenters. The van der Waals surface area contributed by atoms with E-state index in [9.17, 15) is 34.8 Å². The van der Waals surface area contributed by atoms with Gasteiger partial charge >= 0.3 is 15.6 Å². The van der Waals surface area contributed by atoms with E-state index in [1.807, 2.05) is 0 Å². The highest BCUT2D eigenvalue weighted by Gasteiger charge is 2.49. The van der Waals surface area contributed by atoms with Gasteiger partial charge < -0.3 is 13.7 Å². The van der Waals surface area contributed by atoms with Gasteiger partial charge in [-0.1, -0.05) is 0 Å². The molecule has 0 aliphatic rings. The van der Waals surface area contributed by atoms with Crippen LogP contribution in [0, 0.1) is 0 Å². The third-order valence-corrected chi connectivity index (χ3v) is 5.97. The fourth-order valence-electron chi connectivity index (χ4n) is 2.68. The Balaban J connectivity index is 2.43. The predicted molar refractivity (Wildman–Crippen MR) is 107 cm³/mol. The first-order valence-electron chi connectivity index (χ1n) is 8.55. The summed E-state index contributed by atoms with van der Waals surface area (Å²) in [6.07, 6.45) is 1.49. The molecular formula is C17H14F3N3O8S2. The number of hydrogen-bond acceptors (Lipinski definition) is 10. The molecule has 33 heavy (non-hydrogen) atoms. The number of pyridine rings is 1. The van der Waals surface area contributed by atoms with Gasteiger partial charge in [0.1, 0.15) is 11.5 Å². The Morgan fingerprint density at radius 2 is 1.67 bits per heavy atom. The van der Waals surface area contributed by atoms with Crippen molar-refractivity contribution in [3.63, 3.8) is 0 Å². The molecule has 0 spiro atoms. The number of ether oxygens (including phenoxy) is 2. The zero-order valence-corrected chi connectivity index (χ0v) is 18.6. The fraction of sp³-hybridized carbons (Fsp3) is 0.235. The van der Waals surface area contributed by atoms with Crippen molar-refractivity contribution < 1.29 is 43.7 Å². The summed E-state index contributed by atoms with van der Waals surface area (Å²) in [6.45, 7) is 0. The minimum atomic E-state index is -6.16. The second kappa shape index (κ2) is 8.18.